The number of morpholine rings is 1. The van der Waals surface area contributed by atoms with Gasteiger partial charge in [-0.15, -0.1) is 0 Å². The standard InChI is InChI=1S/C31H32N2O5/c1-21-11-12-22(2)26(19-21)29(34)27-28(23-7-6-10-25(20-23)38-24-8-4-3-5-9-24)33(31(36)30(27)35)14-13-32-15-17-37-18-16-32/h3-12,19-20,28,34H,13-18H2,1-2H3. The molecule has 1 amide bonds. The third-order valence-corrected chi connectivity index (χ3v) is 7.10. The summed E-state index contributed by atoms with van der Waals surface area (Å²) in [6.07, 6.45) is 0. The Morgan fingerprint density at radius 3 is 2.42 bits per heavy atom. The second-order valence-electron chi connectivity index (χ2n) is 9.75. The van der Waals surface area contributed by atoms with Crippen LogP contribution in [0.1, 0.15) is 28.3 Å². The van der Waals surface area contributed by atoms with E-state index in [-0.39, 0.29) is 11.3 Å². The number of rotatable bonds is 7. The van der Waals surface area contributed by atoms with Gasteiger partial charge < -0.3 is 19.5 Å². The van der Waals surface area contributed by atoms with E-state index in [4.69, 9.17) is 9.47 Å². The fraction of sp³-hybridized carbons (Fsp3) is 0.290. The highest BCUT2D eigenvalue weighted by atomic mass is 16.5. The van der Waals surface area contributed by atoms with E-state index in [2.05, 4.69) is 4.90 Å². The fourth-order valence-corrected chi connectivity index (χ4v) is 5.04. The normalized spacial score (nSPS) is 19.6. The SMILES string of the molecule is Cc1ccc(C)c(C(O)=C2C(=O)C(=O)N(CCN3CCOCC3)C2c2cccc(Oc3ccccc3)c2)c1. The van der Waals surface area contributed by atoms with E-state index in [1.807, 2.05) is 86.6 Å². The van der Waals surface area contributed by atoms with Crippen molar-refractivity contribution in [2.75, 3.05) is 39.4 Å². The van der Waals surface area contributed by atoms with Crippen LogP contribution in [-0.2, 0) is 14.3 Å². The predicted octanol–water partition coefficient (Wildman–Crippen LogP) is 4.85. The largest absolute Gasteiger partial charge is 0.507 e. The maximum Gasteiger partial charge on any atom is 0.295 e. The van der Waals surface area contributed by atoms with Gasteiger partial charge >= 0.3 is 0 Å². The monoisotopic (exact) mass is 512 g/mol. The van der Waals surface area contributed by atoms with Gasteiger partial charge in [0.05, 0.1) is 24.8 Å². The molecule has 196 valence electrons. The summed E-state index contributed by atoms with van der Waals surface area (Å²) in [6.45, 7) is 7.61. The summed E-state index contributed by atoms with van der Waals surface area (Å²) in [6, 6.07) is 21.8. The van der Waals surface area contributed by atoms with Gasteiger partial charge in [0, 0.05) is 31.7 Å². The second-order valence-corrected chi connectivity index (χ2v) is 9.75. The molecule has 7 nitrogen and oxygen atoms in total. The summed E-state index contributed by atoms with van der Waals surface area (Å²) in [5.41, 5.74) is 3.13. The Labute approximate surface area is 222 Å². The summed E-state index contributed by atoms with van der Waals surface area (Å²) < 4.78 is 11.5. The van der Waals surface area contributed by atoms with Crippen molar-refractivity contribution in [2.45, 2.75) is 19.9 Å². The molecular formula is C31H32N2O5. The Hall–Kier alpha value is -3.94. The van der Waals surface area contributed by atoms with E-state index in [0.29, 0.717) is 48.9 Å². The van der Waals surface area contributed by atoms with Crippen molar-refractivity contribution in [3.8, 4) is 11.5 Å². The third-order valence-electron chi connectivity index (χ3n) is 7.10. The summed E-state index contributed by atoms with van der Waals surface area (Å²) in [5.74, 6) is -0.173. The Kier molecular flexibility index (Phi) is 7.58. The van der Waals surface area contributed by atoms with Crippen LogP contribution < -0.4 is 4.74 Å². The van der Waals surface area contributed by atoms with Crippen molar-refractivity contribution in [2.24, 2.45) is 0 Å². The molecule has 0 radical (unpaired) electrons. The van der Waals surface area contributed by atoms with E-state index in [9.17, 15) is 14.7 Å². The highest BCUT2D eigenvalue weighted by molar-refractivity contribution is 6.46. The lowest BCUT2D eigenvalue weighted by Crippen LogP contribution is -2.42. The molecule has 3 aromatic rings. The molecule has 0 aliphatic carbocycles. The average Bonchev–Trinajstić information content (AvgIpc) is 3.19. The minimum Gasteiger partial charge on any atom is -0.507 e. The molecule has 7 heteroatoms. The second kappa shape index (κ2) is 11.2. The summed E-state index contributed by atoms with van der Waals surface area (Å²) in [4.78, 5) is 30.7. The highest BCUT2D eigenvalue weighted by Crippen LogP contribution is 2.41. The molecular weight excluding hydrogens is 480 g/mol. The lowest BCUT2D eigenvalue weighted by atomic mass is 9.93. The average molecular weight is 513 g/mol. The van der Waals surface area contributed by atoms with Gasteiger partial charge in [-0.3, -0.25) is 14.5 Å². The van der Waals surface area contributed by atoms with Crippen molar-refractivity contribution in [1.29, 1.82) is 0 Å². The first-order valence-electron chi connectivity index (χ1n) is 12.9. The quantitative estimate of drug-likeness (QED) is 0.277. The molecule has 1 N–H and O–H groups in total. The van der Waals surface area contributed by atoms with Crippen LogP contribution in [0.2, 0.25) is 0 Å². The molecule has 2 fully saturated rings. The number of likely N-dealkylation sites (tertiary alicyclic amines) is 1. The zero-order chi connectivity index (χ0) is 26.6. The molecule has 5 rings (SSSR count). The smallest absolute Gasteiger partial charge is 0.295 e. The zero-order valence-electron chi connectivity index (χ0n) is 21.7. The summed E-state index contributed by atoms with van der Waals surface area (Å²) in [7, 11) is 0. The number of aliphatic hydroxyl groups is 1. The minimum absolute atomic E-state index is 0.0996. The van der Waals surface area contributed by atoms with Gasteiger partial charge in [-0.2, -0.15) is 0 Å². The number of Topliss-reactive ketones (excluding diaryl/α,β-unsaturated/α-hetero) is 1. The number of para-hydroxylation sites is 1. The van der Waals surface area contributed by atoms with Crippen LogP contribution >= 0.6 is 0 Å². The summed E-state index contributed by atoms with van der Waals surface area (Å²) >= 11 is 0. The molecule has 2 aliphatic heterocycles. The van der Waals surface area contributed by atoms with E-state index >= 15 is 0 Å². The van der Waals surface area contributed by atoms with Crippen LogP contribution in [0.4, 0.5) is 0 Å². The minimum atomic E-state index is -0.740. The number of aryl methyl sites for hydroxylation is 2. The molecule has 0 bridgehead atoms. The van der Waals surface area contributed by atoms with Crippen molar-refractivity contribution in [3.63, 3.8) is 0 Å². The van der Waals surface area contributed by atoms with Crippen LogP contribution in [0.15, 0.2) is 78.4 Å². The Morgan fingerprint density at radius 1 is 0.921 bits per heavy atom. The van der Waals surface area contributed by atoms with Gasteiger partial charge in [0.25, 0.3) is 11.7 Å². The molecule has 1 atom stereocenters. The fourth-order valence-electron chi connectivity index (χ4n) is 5.04. The Balaban J connectivity index is 1.56. The van der Waals surface area contributed by atoms with Crippen LogP contribution in [0.3, 0.4) is 0 Å². The van der Waals surface area contributed by atoms with Crippen molar-refractivity contribution < 1.29 is 24.2 Å². The van der Waals surface area contributed by atoms with Gasteiger partial charge in [0.2, 0.25) is 0 Å². The number of hydrogen-bond donors (Lipinski definition) is 1. The van der Waals surface area contributed by atoms with Crippen molar-refractivity contribution in [1.82, 2.24) is 9.80 Å². The number of benzene rings is 3. The lowest BCUT2D eigenvalue weighted by molar-refractivity contribution is -0.140. The summed E-state index contributed by atoms with van der Waals surface area (Å²) in [5, 5.41) is 11.5. The number of aliphatic hydroxyl groups excluding tert-OH is 1. The molecule has 2 saturated heterocycles. The lowest BCUT2D eigenvalue weighted by Gasteiger charge is -2.31. The molecule has 0 aromatic heterocycles. The zero-order valence-corrected chi connectivity index (χ0v) is 21.7. The van der Waals surface area contributed by atoms with Gasteiger partial charge in [-0.25, -0.2) is 0 Å². The maximum atomic E-state index is 13.5. The number of carbonyl (C=O) groups excluding carboxylic acids is 2. The first kappa shape index (κ1) is 25.7. The first-order chi connectivity index (χ1) is 18.4. The number of amides is 1. The van der Waals surface area contributed by atoms with Gasteiger partial charge in [0.1, 0.15) is 17.3 Å². The molecule has 2 heterocycles. The van der Waals surface area contributed by atoms with E-state index < -0.39 is 17.7 Å². The van der Waals surface area contributed by atoms with Gasteiger partial charge in [-0.1, -0.05) is 48.0 Å². The molecule has 0 saturated carbocycles. The van der Waals surface area contributed by atoms with E-state index in [1.54, 1.807) is 4.90 Å². The first-order valence-corrected chi connectivity index (χ1v) is 12.9. The predicted molar refractivity (Wildman–Crippen MR) is 145 cm³/mol. The highest BCUT2D eigenvalue weighted by Gasteiger charge is 2.46. The van der Waals surface area contributed by atoms with Crippen molar-refractivity contribution >= 4 is 17.4 Å². The number of hydrogen-bond acceptors (Lipinski definition) is 6. The van der Waals surface area contributed by atoms with Gasteiger partial charge in [-0.05, 0) is 55.3 Å². The number of ketones is 1. The molecule has 3 aromatic carbocycles. The van der Waals surface area contributed by atoms with Crippen LogP contribution in [0, 0.1) is 13.8 Å². The molecule has 1 unspecified atom stereocenters. The Bertz CT molecular complexity index is 1360. The number of ether oxygens (including phenoxy) is 2. The molecule has 2 aliphatic rings. The van der Waals surface area contributed by atoms with Crippen LogP contribution in [0.25, 0.3) is 5.76 Å². The van der Waals surface area contributed by atoms with Gasteiger partial charge in [0.15, 0.2) is 0 Å². The third kappa shape index (κ3) is 5.35. The Morgan fingerprint density at radius 2 is 1.66 bits per heavy atom. The van der Waals surface area contributed by atoms with Crippen LogP contribution in [-0.4, -0.2) is 66.0 Å². The number of nitrogens with zero attached hydrogens (tertiary/aromatic N) is 2. The maximum absolute atomic E-state index is 13.5. The number of carbonyl (C=O) groups is 2. The molecule has 0 spiro atoms. The van der Waals surface area contributed by atoms with E-state index in [0.717, 1.165) is 24.2 Å². The topological polar surface area (TPSA) is 79.3 Å². The molecule has 38 heavy (non-hydrogen) atoms. The van der Waals surface area contributed by atoms with Crippen LogP contribution in [0.5, 0.6) is 11.5 Å². The van der Waals surface area contributed by atoms with Crippen molar-refractivity contribution in [3.05, 3.63) is 101 Å². The van der Waals surface area contributed by atoms with E-state index in [1.165, 1.54) is 0 Å².